The van der Waals surface area contributed by atoms with E-state index in [1.807, 2.05) is 0 Å². The Morgan fingerprint density at radius 3 is 2.76 bits per heavy atom. The van der Waals surface area contributed by atoms with Gasteiger partial charge in [-0.1, -0.05) is 25.0 Å². The van der Waals surface area contributed by atoms with Gasteiger partial charge in [-0.05, 0) is 69.7 Å². The van der Waals surface area contributed by atoms with Crippen molar-refractivity contribution >= 4 is 5.78 Å². The van der Waals surface area contributed by atoms with Gasteiger partial charge in [-0.2, -0.15) is 0 Å². The molecule has 114 valence electrons. The number of ketones is 1. The Balaban J connectivity index is 1.86. The van der Waals surface area contributed by atoms with E-state index in [4.69, 9.17) is 0 Å². The fourth-order valence-electron chi connectivity index (χ4n) is 5.81. The molecule has 0 aromatic rings. The highest BCUT2D eigenvalue weighted by Gasteiger charge is 2.68. The summed E-state index contributed by atoms with van der Waals surface area (Å²) in [6.45, 7) is 0. The molecule has 0 amide bonds. The van der Waals surface area contributed by atoms with Crippen molar-refractivity contribution in [3.05, 3.63) is 23.3 Å². The van der Waals surface area contributed by atoms with E-state index in [2.05, 4.69) is 31.1 Å². The smallest absolute Gasteiger partial charge is 0.145 e. The van der Waals surface area contributed by atoms with Gasteiger partial charge in [0.05, 0.1) is 11.0 Å². The van der Waals surface area contributed by atoms with Crippen molar-refractivity contribution in [3.63, 3.8) is 0 Å². The van der Waals surface area contributed by atoms with E-state index in [-0.39, 0.29) is 11.0 Å². The minimum Gasteiger partial charge on any atom is -0.299 e. The topological polar surface area (TPSA) is 20.3 Å². The highest BCUT2D eigenvalue weighted by atomic mass is 16.1. The molecule has 2 fully saturated rings. The molecule has 2 nitrogen and oxygen atoms in total. The second kappa shape index (κ2) is 4.55. The van der Waals surface area contributed by atoms with E-state index in [1.165, 1.54) is 44.9 Å². The highest BCUT2D eigenvalue weighted by Crippen LogP contribution is 2.66. The first-order valence-corrected chi connectivity index (χ1v) is 8.75. The minimum atomic E-state index is -0.101. The molecule has 0 N–H and O–H groups in total. The zero-order valence-corrected chi connectivity index (χ0v) is 13.5. The molecule has 0 heterocycles. The van der Waals surface area contributed by atoms with E-state index >= 15 is 0 Å². The van der Waals surface area contributed by atoms with Gasteiger partial charge >= 0.3 is 0 Å². The first kappa shape index (κ1) is 13.8. The number of rotatable bonds is 2. The van der Waals surface area contributed by atoms with Crippen LogP contribution in [0.15, 0.2) is 23.3 Å². The van der Waals surface area contributed by atoms with Gasteiger partial charge in [0.2, 0.25) is 0 Å². The van der Waals surface area contributed by atoms with Crippen molar-refractivity contribution < 1.29 is 4.79 Å². The van der Waals surface area contributed by atoms with Gasteiger partial charge in [-0.25, -0.2) is 0 Å². The first-order chi connectivity index (χ1) is 10.1. The van der Waals surface area contributed by atoms with Gasteiger partial charge < -0.3 is 0 Å². The third kappa shape index (κ3) is 1.60. The molecule has 4 aliphatic carbocycles. The molecule has 0 unspecified atom stereocenters. The Bertz CT molecular complexity index is 544. The first-order valence-electron chi connectivity index (χ1n) is 8.75. The Morgan fingerprint density at radius 1 is 1.19 bits per heavy atom. The van der Waals surface area contributed by atoms with Crippen molar-refractivity contribution in [2.75, 3.05) is 14.1 Å². The van der Waals surface area contributed by atoms with Crippen molar-refractivity contribution in [1.82, 2.24) is 4.90 Å². The molecule has 0 saturated heterocycles. The number of carbonyl (C=O) groups is 1. The lowest BCUT2D eigenvalue weighted by atomic mass is 9.68. The number of allylic oxidation sites excluding steroid dienone is 2. The Morgan fingerprint density at radius 2 is 2.05 bits per heavy atom. The van der Waals surface area contributed by atoms with Crippen LogP contribution in [-0.2, 0) is 4.79 Å². The minimum absolute atomic E-state index is 0.0146. The predicted octanol–water partition coefficient (Wildman–Crippen LogP) is 3.88. The second-order valence-corrected chi connectivity index (χ2v) is 7.79. The van der Waals surface area contributed by atoms with E-state index in [0.29, 0.717) is 11.7 Å². The van der Waals surface area contributed by atoms with Crippen LogP contribution in [0.25, 0.3) is 0 Å². The molecule has 0 radical (unpaired) electrons. The van der Waals surface area contributed by atoms with Crippen molar-refractivity contribution in [2.24, 2.45) is 11.3 Å². The standard InChI is InChI=1S/C19H27NO/c1-20(2)19-13-17(21)18(11-7-6-10-16(18)19)12-15(19)14-8-4-3-5-9-14/h8,12,16H,3-7,9-11,13H2,1-2H3/t16-,18-,19-/m0/s1. The summed E-state index contributed by atoms with van der Waals surface area (Å²) < 4.78 is 0. The maximum absolute atomic E-state index is 12.8. The SMILES string of the molecule is CN(C)[C@@]12CC(=O)[C@]3(C=C1C1=CCCCC1)CCCC[C@@H]32. The fraction of sp³-hybridized carbons (Fsp3) is 0.737. The van der Waals surface area contributed by atoms with Gasteiger partial charge in [-0.3, -0.25) is 9.69 Å². The van der Waals surface area contributed by atoms with Crippen LogP contribution >= 0.6 is 0 Å². The molecular weight excluding hydrogens is 258 g/mol. The zero-order chi connectivity index (χ0) is 14.7. The number of carbonyl (C=O) groups excluding carboxylic acids is 1. The number of nitrogens with zero attached hydrogens (tertiary/aromatic N) is 1. The summed E-state index contributed by atoms with van der Waals surface area (Å²) in [5.74, 6) is 1.07. The summed E-state index contributed by atoms with van der Waals surface area (Å²) in [7, 11) is 4.39. The van der Waals surface area contributed by atoms with Crippen LogP contribution in [0, 0.1) is 11.3 Å². The van der Waals surface area contributed by atoms with E-state index in [0.717, 1.165) is 12.8 Å². The van der Waals surface area contributed by atoms with Crippen LogP contribution in [0.1, 0.15) is 57.8 Å². The van der Waals surface area contributed by atoms with E-state index in [1.54, 1.807) is 11.1 Å². The summed E-state index contributed by atoms with van der Waals surface area (Å²) >= 11 is 0. The Kier molecular flexibility index (Phi) is 2.98. The van der Waals surface area contributed by atoms with Crippen LogP contribution in [-0.4, -0.2) is 30.3 Å². The predicted molar refractivity (Wildman–Crippen MR) is 85.1 cm³/mol. The average Bonchev–Trinajstić information content (AvgIpc) is 2.95. The maximum atomic E-state index is 12.8. The highest BCUT2D eigenvalue weighted by molar-refractivity contribution is 5.95. The molecule has 4 aliphatic rings. The summed E-state index contributed by atoms with van der Waals surface area (Å²) in [6, 6.07) is 0. The molecule has 0 aromatic carbocycles. The summed E-state index contributed by atoms with van der Waals surface area (Å²) in [5, 5.41) is 0. The van der Waals surface area contributed by atoms with E-state index in [9.17, 15) is 4.79 Å². The molecule has 0 aliphatic heterocycles. The molecular formula is C19H27NO. The van der Waals surface area contributed by atoms with Crippen LogP contribution in [0.4, 0.5) is 0 Å². The van der Waals surface area contributed by atoms with Crippen LogP contribution in [0.3, 0.4) is 0 Å². The summed E-state index contributed by atoms with van der Waals surface area (Å²) in [6.07, 6.45) is 15.6. The van der Waals surface area contributed by atoms with Crippen molar-refractivity contribution in [1.29, 1.82) is 0 Å². The third-order valence-corrected chi connectivity index (χ3v) is 6.78. The van der Waals surface area contributed by atoms with Crippen molar-refractivity contribution in [2.45, 2.75) is 63.3 Å². The second-order valence-electron chi connectivity index (χ2n) is 7.79. The van der Waals surface area contributed by atoms with Gasteiger partial charge in [-0.15, -0.1) is 0 Å². The lowest BCUT2D eigenvalue weighted by molar-refractivity contribution is -0.125. The van der Waals surface area contributed by atoms with Crippen LogP contribution in [0.2, 0.25) is 0 Å². The molecule has 2 heteroatoms. The summed E-state index contributed by atoms with van der Waals surface area (Å²) in [5.41, 5.74) is 3.02. The summed E-state index contributed by atoms with van der Waals surface area (Å²) in [4.78, 5) is 15.2. The monoisotopic (exact) mass is 285 g/mol. The van der Waals surface area contributed by atoms with Gasteiger partial charge in [0.15, 0.2) is 0 Å². The zero-order valence-electron chi connectivity index (χ0n) is 13.5. The largest absolute Gasteiger partial charge is 0.299 e. The molecule has 21 heavy (non-hydrogen) atoms. The molecule has 4 rings (SSSR count). The fourth-order valence-corrected chi connectivity index (χ4v) is 5.81. The lowest BCUT2D eigenvalue weighted by Gasteiger charge is -2.44. The average molecular weight is 285 g/mol. The molecule has 2 bridgehead atoms. The molecule has 0 spiro atoms. The lowest BCUT2D eigenvalue weighted by Crippen LogP contribution is -2.49. The number of hydrogen-bond donors (Lipinski definition) is 0. The quantitative estimate of drug-likeness (QED) is 0.767. The normalized spacial score (nSPS) is 42.0. The maximum Gasteiger partial charge on any atom is 0.145 e. The molecule has 0 aromatic heterocycles. The van der Waals surface area contributed by atoms with Gasteiger partial charge in [0.25, 0.3) is 0 Å². The van der Waals surface area contributed by atoms with Crippen molar-refractivity contribution in [3.8, 4) is 0 Å². The Hall–Kier alpha value is -0.890. The third-order valence-electron chi connectivity index (χ3n) is 6.78. The van der Waals surface area contributed by atoms with Crippen LogP contribution < -0.4 is 0 Å². The van der Waals surface area contributed by atoms with Crippen LogP contribution in [0.5, 0.6) is 0 Å². The number of likely N-dealkylation sites (N-methyl/N-ethyl adjacent to an activating group) is 1. The van der Waals surface area contributed by atoms with E-state index < -0.39 is 0 Å². The molecule has 3 atom stereocenters. The number of Topliss-reactive ketones (excluding diaryl/α,β-unsaturated/α-hetero) is 1. The number of hydrogen-bond acceptors (Lipinski definition) is 2. The molecule has 2 saturated carbocycles. The Labute approximate surface area is 128 Å². The van der Waals surface area contributed by atoms with Gasteiger partial charge in [0.1, 0.15) is 5.78 Å². The van der Waals surface area contributed by atoms with Gasteiger partial charge in [0, 0.05) is 6.42 Å².